The number of nitrogens with zero attached hydrogens (tertiary/aromatic N) is 1. The molecule has 0 saturated carbocycles. The number of aliphatic hydroxyl groups is 1. The maximum Gasteiger partial charge on any atom is 0.124 e. The number of piperidine rings is 1. The normalized spacial score (nSPS) is 17.2. The summed E-state index contributed by atoms with van der Waals surface area (Å²) in [6.45, 7) is 1.62. The molecule has 0 aliphatic carbocycles. The molecule has 1 fully saturated rings. The highest BCUT2D eigenvalue weighted by molar-refractivity contribution is 9.10. The Labute approximate surface area is 109 Å². The second-order valence-electron chi connectivity index (χ2n) is 4.29. The third-order valence-electron chi connectivity index (χ3n) is 3.05. The molecule has 92 valence electrons. The quantitative estimate of drug-likeness (QED) is 0.574. The first-order valence-electron chi connectivity index (χ1n) is 5.65. The average molecular weight is 298 g/mol. The Morgan fingerprint density at radius 1 is 1.41 bits per heavy atom. The Kier molecular flexibility index (Phi) is 3.69. The Morgan fingerprint density at radius 2 is 2.06 bits per heavy atom. The van der Waals surface area contributed by atoms with E-state index in [9.17, 15) is 5.11 Å². The molecule has 1 aromatic carbocycles. The molecular formula is C12H16BrN3O. The number of aliphatic hydroxyl groups excluding tert-OH is 1. The van der Waals surface area contributed by atoms with Gasteiger partial charge in [-0.05, 0) is 31.0 Å². The average Bonchev–Trinajstić information content (AvgIpc) is 2.30. The van der Waals surface area contributed by atoms with Crippen molar-refractivity contribution in [2.75, 3.05) is 18.0 Å². The summed E-state index contributed by atoms with van der Waals surface area (Å²) >= 11 is 3.39. The van der Waals surface area contributed by atoms with Crippen molar-refractivity contribution in [3.63, 3.8) is 0 Å². The Bertz CT molecular complexity index is 428. The number of halogens is 1. The number of anilines is 1. The molecule has 0 atom stereocenters. The predicted octanol–water partition coefficient (Wildman–Crippen LogP) is 1.69. The van der Waals surface area contributed by atoms with E-state index < -0.39 is 0 Å². The van der Waals surface area contributed by atoms with Gasteiger partial charge in [-0.2, -0.15) is 0 Å². The lowest BCUT2D eigenvalue weighted by molar-refractivity contribution is 0.145. The summed E-state index contributed by atoms with van der Waals surface area (Å²) in [5.41, 5.74) is 7.33. The molecule has 1 saturated heterocycles. The molecule has 5 heteroatoms. The topological polar surface area (TPSA) is 73.3 Å². The summed E-state index contributed by atoms with van der Waals surface area (Å²) in [6, 6.07) is 5.79. The van der Waals surface area contributed by atoms with Gasteiger partial charge >= 0.3 is 0 Å². The van der Waals surface area contributed by atoms with Gasteiger partial charge < -0.3 is 15.7 Å². The van der Waals surface area contributed by atoms with Crippen LogP contribution in [-0.4, -0.2) is 30.1 Å². The number of nitrogens with one attached hydrogen (secondary N) is 1. The SMILES string of the molecule is N=C(N)c1cc(Br)ccc1N1CCC(O)CC1. The largest absolute Gasteiger partial charge is 0.393 e. The molecular weight excluding hydrogens is 282 g/mol. The summed E-state index contributed by atoms with van der Waals surface area (Å²) in [7, 11) is 0. The van der Waals surface area contributed by atoms with Crippen molar-refractivity contribution in [3.8, 4) is 0 Å². The molecule has 4 N–H and O–H groups in total. The van der Waals surface area contributed by atoms with Crippen molar-refractivity contribution in [1.82, 2.24) is 0 Å². The van der Waals surface area contributed by atoms with Crippen molar-refractivity contribution in [2.24, 2.45) is 5.73 Å². The molecule has 2 rings (SSSR count). The minimum absolute atomic E-state index is 0.0763. The molecule has 0 unspecified atom stereocenters. The van der Waals surface area contributed by atoms with Crippen molar-refractivity contribution in [2.45, 2.75) is 18.9 Å². The maximum absolute atomic E-state index is 9.50. The van der Waals surface area contributed by atoms with Gasteiger partial charge in [-0.3, -0.25) is 5.41 Å². The Hall–Kier alpha value is -1.07. The van der Waals surface area contributed by atoms with E-state index in [1.807, 2.05) is 18.2 Å². The van der Waals surface area contributed by atoms with Gasteiger partial charge in [0.1, 0.15) is 5.84 Å². The molecule has 0 bridgehead atoms. The van der Waals surface area contributed by atoms with Crippen LogP contribution < -0.4 is 10.6 Å². The van der Waals surface area contributed by atoms with Crippen molar-refractivity contribution in [3.05, 3.63) is 28.2 Å². The zero-order chi connectivity index (χ0) is 12.4. The fourth-order valence-corrected chi connectivity index (χ4v) is 2.47. The Balaban J connectivity index is 2.28. The molecule has 1 heterocycles. The zero-order valence-electron chi connectivity index (χ0n) is 9.49. The van der Waals surface area contributed by atoms with Gasteiger partial charge in [0.2, 0.25) is 0 Å². The van der Waals surface area contributed by atoms with E-state index in [0.717, 1.165) is 41.7 Å². The smallest absolute Gasteiger partial charge is 0.124 e. The van der Waals surface area contributed by atoms with Crippen molar-refractivity contribution in [1.29, 1.82) is 5.41 Å². The molecule has 1 aliphatic heterocycles. The van der Waals surface area contributed by atoms with Gasteiger partial charge in [0, 0.05) is 28.8 Å². The van der Waals surface area contributed by atoms with Gasteiger partial charge in [0.15, 0.2) is 0 Å². The molecule has 17 heavy (non-hydrogen) atoms. The van der Waals surface area contributed by atoms with Gasteiger partial charge in [0.25, 0.3) is 0 Å². The third kappa shape index (κ3) is 2.79. The van der Waals surface area contributed by atoms with Crippen LogP contribution in [0.1, 0.15) is 18.4 Å². The van der Waals surface area contributed by atoms with Crippen LogP contribution in [0.4, 0.5) is 5.69 Å². The van der Waals surface area contributed by atoms with Crippen LogP contribution in [0.3, 0.4) is 0 Å². The standard InChI is InChI=1S/C12H16BrN3O/c13-8-1-2-11(10(7-8)12(14)15)16-5-3-9(17)4-6-16/h1-2,7,9,17H,3-6H2,(H3,14,15). The van der Waals surface area contributed by atoms with Gasteiger partial charge in [-0.1, -0.05) is 15.9 Å². The number of nitrogens with two attached hydrogens (primary N) is 1. The van der Waals surface area contributed by atoms with E-state index in [0.29, 0.717) is 0 Å². The predicted molar refractivity (Wildman–Crippen MR) is 72.6 cm³/mol. The first-order valence-corrected chi connectivity index (χ1v) is 6.44. The number of nitrogen functional groups attached to an aromatic ring is 1. The Morgan fingerprint density at radius 3 is 2.65 bits per heavy atom. The lowest BCUT2D eigenvalue weighted by atomic mass is 10.0. The summed E-state index contributed by atoms with van der Waals surface area (Å²) in [5.74, 6) is 0.0763. The summed E-state index contributed by atoms with van der Waals surface area (Å²) < 4.78 is 0.920. The second-order valence-corrected chi connectivity index (χ2v) is 5.21. The van der Waals surface area contributed by atoms with Crippen LogP contribution in [0, 0.1) is 5.41 Å². The van der Waals surface area contributed by atoms with Crippen LogP contribution >= 0.6 is 15.9 Å². The van der Waals surface area contributed by atoms with E-state index in [4.69, 9.17) is 11.1 Å². The first kappa shape index (κ1) is 12.4. The highest BCUT2D eigenvalue weighted by atomic mass is 79.9. The third-order valence-corrected chi connectivity index (χ3v) is 3.55. The molecule has 1 aliphatic rings. The molecule has 0 radical (unpaired) electrons. The van der Waals surface area contributed by atoms with Gasteiger partial charge in [-0.15, -0.1) is 0 Å². The molecule has 4 nitrogen and oxygen atoms in total. The summed E-state index contributed by atoms with van der Waals surface area (Å²) in [5, 5.41) is 17.1. The van der Waals surface area contributed by atoms with Gasteiger partial charge in [0.05, 0.1) is 6.10 Å². The van der Waals surface area contributed by atoms with Crippen LogP contribution in [0.25, 0.3) is 0 Å². The highest BCUT2D eigenvalue weighted by Gasteiger charge is 2.20. The van der Waals surface area contributed by atoms with Crippen LogP contribution in [0.5, 0.6) is 0 Å². The van der Waals surface area contributed by atoms with E-state index in [2.05, 4.69) is 20.8 Å². The lowest BCUT2D eigenvalue weighted by Gasteiger charge is -2.32. The van der Waals surface area contributed by atoms with Crippen LogP contribution in [0.2, 0.25) is 0 Å². The fourth-order valence-electron chi connectivity index (χ4n) is 2.11. The number of benzene rings is 1. The number of hydrogen-bond acceptors (Lipinski definition) is 3. The monoisotopic (exact) mass is 297 g/mol. The molecule has 1 aromatic rings. The number of amidine groups is 1. The van der Waals surface area contributed by atoms with Crippen molar-refractivity contribution >= 4 is 27.5 Å². The zero-order valence-corrected chi connectivity index (χ0v) is 11.1. The fraction of sp³-hybridized carbons (Fsp3) is 0.417. The number of rotatable bonds is 2. The van der Waals surface area contributed by atoms with E-state index in [1.54, 1.807) is 0 Å². The molecule has 0 spiro atoms. The van der Waals surface area contributed by atoms with Crippen LogP contribution in [0.15, 0.2) is 22.7 Å². The highest BCUT2D eigenvalue weighted by Crippen LogP contribution is 2.26. The van der Waals surface area contributed by atoms with E-state index in [1.165, 1.54) is 0 Å². The molecule has 0 aromatic heterocycles. The van der Waals surface area contributed by atoms with Crippen LogP contribution in [-0.2, 0) is 0 Å². The lowest BCUT2D eigenvalue weighted by Crippen LogP contribution is -2.37. The summed E-state index contributed by atoms with van der Waals surface area (Å²) in [6.07, 6.45) is 1.35. The van der Waals surface area contributed by atoms with E-state index >= 15 is 0 Å². The maximum atomic E-state index is 9.50. The summed E-state index contributed by atoms with van der Waals surface area (Å²) in [4.78, 5) is 2.18. The second kappa shape index (κ2) is 5.06. The minimum Gasteiger partial charge on any atom is -0.393 e. The minimum atomic E-state index is -0.192. The number of hydrogen-bond donors (Lipinski definition) is 3. The van der Waals surface area contributed by atoms with E-state index in [-0.39, 0.29) is 11.9 Å². The molecule has 0 amide bonds. The van der Waals surface area contributed by atoms with Gasteiger partial charge in [-0.25, -0.2) is 0 Å². The first-order chi connectivity index (χ1) is 8.08. The van der Waals surface area contributed by atoms with Crippen molar-refractivity contribution < 1.29 is 5.11 Å².